The highest BCUT2D eigenvalue weighted by Crippen LogP contribution is 2.31. The third-order valence-electron chi connectivity index (χ3n) is 4.28. The molecule has 3 rings (SSSR count). The van der Waals surface area contributed by atoms with E-state index in [-0.39, 0.29) is 18.9 Å². The minimum Gasteiger partial charge on any atom is -0.444 e. The molecule has 0 aliphatic carbocycles. The number of aromatic nitrogens is 1. The van der Waals surface area contributed by atoms with E-state index >= 15 is 0 Å². The molecule has 1 aromatic carbocycles. The van der Waals surface area contributed by atoms with Gasteiger partial charge in [0.15, 0.2) is 5.13 Å². The summed E-state index contributed by atoms with van der Waals surface area (Å²) in [6.45, 7) is 7.29. The van der Waals surface area contributed by atoms with E-state index in [1.165, 1.54) is 16.2 Å². The molecule has 0 bridgehead atoms. The lowest BCUT2D eigenvalue weighted by Gasteiger charge is -2.27. The number of carbonyl (C=O) groups is 2. The van der Waals surface area contributed by atoms with Crippen molar-refractivity contribution in [1.29, 1.82) is 0 Å². The molecule has 1 aromatic heterocycles. The summed E-state index contributed by atoms with van der Waals surface area (Å²) in [7, 11) is 0. The minimum atomic E-state index is -0.797. The van der Waals surface area contributed by atoms with Crippen LogP contribution in [0.5, 0.6) is 0 Å². The number of anilines is 1. The number of carbonyl (C=O) groups excluding carboxylic acids is 2. The molecular formula is C20H25N3O4S. The number of benzene rings is 1. The lowest BCUT2D eigenvalue weighted by Crippen LogP contribution is -2.45. The molecule has 28 heavy (non-hydrogen) atoms. The largest absolute Gasteiger partial charge is 0.444 e. The highest BCUT2D eigenvalue weighted by Gasteiger charge is 2.41. The van der Waals surface area contributed by atoms with Crippen LogP contribution < -0.4 is 5.32 Å². The number of ether oxygens (including phenoxy) is 1. The van der Waals surface area contributed by atoms with E-state index in [1.54, 1.807) is 20.8 Å². The van der Waals surface area contributed by atoms with E-state index in [1.807, 2.05) is 37.3 Å². The normalized spacial score (nSPS) is 19.5. The van der Waals surface area contributed by atoms with Crippen LogP contribution in [-0.2, 0) is 9.53 Å². The topological polar surface area (TPSA) is 91.8 Å². The third-order valence-corrected chi connectivity index (χ3v) is 5.17. The quantitative estimate of drug-likeness (QED) is 0.819. The average Bonchev–Trinajstić information content (AvgIpc) is 3.17. The van der Waals surface area contributed by atoms with Crippen LogP contribution in [0, 0.1) is 6.92 Å². The molecule has 1 aliphatic rings. The number of hydrogen-bond acceptors (Lipinski definition) is 6. The Morgan fingerprint density at radius 1 is 1.29 bits per heavy atom. The maximum Gasteiger partial charge on any atom is 0.411 e. The van der Waals surface area contributed by atoms with Gasteiger partial charge in [-0.25, -0.2) is 9.78 Å². The molecule has 0 saturated carbocycles. The number of aliphatic hydroxyl groups is 1. The maximum absolute atomic E-state index is 12.8. The number of nitrogens with zero attached hydrogens (tertiary/aromatic N) is 2. The van der Waals surface area contributed by atoms with Gasteiger partial charge in [-0.05, 0) is 27.7 Å². The Bertz CT molecular complexity index is 860. The molecule has 0 spiro atoms. The van der Waals surface area contributed by atoms with Gasteiger partial charge in [-0.3, -0.25) is 9.69 Å². The van der Waals surface area contributed by atoms with Crippen molar-refractivity contribution in [3.8, 4) is 11.3 Å². The summed E-state index contributed by atoms with van der Waals surface area (Å²) in [6, 6.07) is 8.94. The van der Waals surface area contributed by atoms with Gasteiger partial charge >= 0.3 is 6.09 Å². The van der Waals surface area contributed by atoms with Gasteiger partial charge in [0.05, 0.1) is 18.3 Å². The van der Waals surface area contributed by atoms with Gasteiger partial charge in [-0.2, -0.15) is 0 Å². The fourth-order valence-electron chi connectivity index (χ4n) is 3.09. The Morgan fingerprint density at radius 2 is 1.96 bits per heavy atom. The van der Waals surface area contributed by atoms with Gasteiger partial charge in [0.25, 0.3) is 0 Å². The van der Waals surface area contributed by atoms with Crippen molar-refractivity contribution in [3.05, 3.63) is 35.2 Å². The van der Waals surface area contributed by atoms with Gasteiger partial charge < -0.3 is 15.2 Å². The molecule has 2 unspecified atom stereocenters. The van der Waals surface area contributed by atoms with Crippen LogP contribution in [0.4, 0.5) is 9.93 Å². The zero-order valence-corrected chi connectivity index (χ0v) is 17.2. The summed E-state index contributed by atoms with van der Waals surface area (Å²) in [5.41, 5.74) is 1.11. The van der Waals surface area contributed by atoms with Gasteiger partial charge in [0.2, 0.25) is 5.91 Å². The highest BCUT2D eigenvalue weighted by molar-refractivity contribution is 7.16. The molecule has 1 fully saturated rings. The second kappa shape index (κ2) is 7.89. The molecule has 0 radical (unpaired) electrons. The van der Waals surface area contributed by atoms with Gasteiger partial charge in [-0.1, -0.05) is 30.3 Å². The smallest absolute Gasteiger partial charge is 0.411 e. The van der Waals surface area contributed by atoms with Crippen molar-refractivity contribution in [3.63, 3.8) is 0 Å². The van der Waals surface area contributed by atoms with Crippen LogP contribution >= 0.6 is 11.3 Å². The van der Waals surface area contributed by atoms with Crippen LogP contribution in [0.1, 0.15) is 32.1 Å². The highest BCUT2D eigenvalue weighted by atomic mass is 32.1. The van der Waals surface area contributed by atoms with Crippen LogP contribution in [0.2, 0.25) is 0 Å². The number of hydrogen-bond donors (Lipinski definition) is 2. The Hall–Kier alpha value is -2.45. The predicted molar refractivity (Wildman–Crippen MR) is 108 cm³/mol. The van der Waals surface area contributed by atoms with E-state index in [4.69, 9.17) is 4.74 Å². The Balaban J connectivity index is 1.74. The predicted octanol–water partition coefficient (Wildman–Crippen LogP) is 3.43. The van der Waals surface area contributed by atoms with Crippen LogP contribution in [0.15, 0.2) is 30.3 Å². The summed E-state index contributed by atoms with van der Waals surface area (Å²) < 4.78 is 5.36. The van der Waals surface area contributed by atoms with E-state index in [0.717, 1.165) is 16.1 Å². The molecule has 2 heterocycles. The Morgan fingerprint density at radius 3 is 2.61 bits per heavy atom. The zero-order chi connectivity index (χ0) is 20.5. The first kappa shape index (κ1) is 20.3. The fraction of sp³-hybridized carbons (Fsp3) is 0.450. The molecule has 2 N–H and O–H groups in total. The molecule has 7 nitrogen and oxygen atoms in total. The van der Waals surface area contributed by atoms with Crippen molar-refractivity contribution >= 4 is 28.5 Å². The summed E-state index contributed by atoms with van der Waals surface area (Å²) in [5, 5.41) is 13.2. The Labute approximate surface area is 168 Å². The summed E-state index contributed by atoms with van der Waals surface area (Å²) in [5.74, 6) is -0.379. The number of thiazole rings is 1. The number of amides is 2. The van der Waals surface area contributed by atoms with Gasteiger partial charge in [0, 0.05) is 16.9 Å². The monoisotopic (exact) mass is 403 g/mol. The molecule has 8 heteroatoms. The molecule has 1 aliphatic heterocycles. The lowest BCUT2D eigenvalue weighted by atomic mass is 10.1. The molecule has 2 atom stereocenters. The standard InChI is InChI=1S/C20H25N3O4S/c1-12-16(13-8-6-5-7-9-13)21-18(28-12)22-17(25)15-10-14(24)11-23(15)19(26)27-20(2,3)4/h5-9,14-15,24H,10-11H2,1-4H3,(H,21,22,25). The van der Waals surface area contributed by atoms with Gasteiger partial charge in [0.1, 0.15) is 11.6 Å². The van der Waals surface area contributed by atoms with Crippen molar-refractivity contribution in [2.75, 3.05) is 11.9 Å². The minimum absolute atomic E-state index is 0.0686. The first-order chi connectivity index (χ1) is 13.1. The molecular weight excluding hydrogens is 378 g/mol. The number of likely N-dealkylation sites (tertiary alicyclic amines) is 1. The zero-order valence-electron chi connectivity index (χ0n) is 16.4. The number of aliphatic hydroxyl groups excluding tert-OH is 1. The summed E-state index contributed by atoms with van der Waals surface area (Å²) in [6.07, 6.45) is -1.20. The van der Waals surface area contributed by atoms with E-state index in [9.17, 15) is 14.7 Å². The molecule has 1 saturated heterocycles. The second-order valence-corrected chi connectivity index (χ2v) is 9.02. The number of aryl methyl sites for hydroxylation is 1. The lowest BCUT2D eigenvalue weighted by molar-refractivity contribution is -0.120. The van der Waals surface area contributed by atoms with E-state index < -0.39 is 23.8 Å². The van der Waals surface area contributed by atoms with E-state index in [2.05, 4.69) is 10.3 Å². The molecule has 2 aromatic rings. The van der Waals surface area contributed by atoms with Crippen LogP contribution in [0.3, 0.4) is 0 Å². The van der Waals surface area contributed by atoms with Crippen molar-refractivity contribution in [2.24, 2.45) is 0 Å². The third kappa shape index (κ3) is 4.69. The summed E-state index contributed by atoms with van der Waals surface area (Å²) in [4.78, 5) is 32.0. The van der Waals surface area contributed by atoms with Crippen LogP contribution in [0.25, 0.3) is 11.3 Å². The molecule has 2 amide bonds. The fourth-order valence-corrected chi connectivity index (χ4v) is 3.93. The summed E-state index contributed by atoms with van der Waals surface area (Å²) >= 11 is 1.38. The van der Waals surface area contributed by atoms with Crippen molar-refractivity contribution in [2.45, 2.75) is 51.9 Å². The number of β-amino-alcohol motifs (C(OH)–C–C–N with tert-alkyl or cyclic N) is 1. The SMILES string of the molecule is Cc1sc(NC(=O)C2CC(O)CN2C(=O)OC(C)(C)C)nc1-c1ccccc1. The first-order valence-electron chi connectivity index (χ1n) is 9.15. The maximum atomic E-state index is 12.8. The average molecular weight is 404 g/mol. The first-order valence-corrected chi connectivity index (χ1v) is 9.97. The number of rotatable bonds is 3. The van der Waals surface area contributed by atoms with Crippen LogP contribution in [-0.4, -0.2) is 51.3 Å². The van der Waals surface area contributed by atoms with Crippen molar-refractivity contribution in [1.82, 2.24) is 9.88 Å². The second-order valence-electron chi connectivity index (χ2n) is 7.82. The van der Waals surface area contributed by atoms with Gasteiger partial charge in [-0.15, -0.1) is 11.3 Å². The van der Waals surface area contributed by atoms with E-state index in [0.29, 0.717) is 5.13 Å². The van der Waals surface area contributed by atoms with Crippen molar-refractivity contribution < 1.29 is 19.4 Å². The Kier molecular flexibility index (Phi) is 5.71. The molecule has 150 valence electrons. The number of nitrogens with one attached hydrogen (secondary N) is 1.